The third kappa shape index (κ3) is 4.53. The van der Waals surface area contributed by atoms with Crippen molar-refractivity contribution in [2.45, 2.75) is 51.7 Å². The summed E-state index contributed by atoms with van der Waals surface area (Å²) in [5.74, 6) is 3.46. The molecule has 0 saturated heterocycles. The number of nitrogens with one attached hydrogen (secondary N) is 2. The van der Waals surface area contributed by atoms with Gasteiger partial charge in [0.25, 0.3) is 0 Å². The van der Waals surface area contributed by atoms with Gasteiger partial charge in [0, 0.05) is 18.7 Å². The second-order valence-electron chi connectivity index (χ2n) is 6.68. The zero-order valence-corrected chi connectivity index (χ0v) is 15.8. The van der Waals surface area contributed by atoms with E-state index in [1.165, 1.54) is 25.7 Å². The van der Waals surface area contributed by atoms with Crippen LogP contribution in [0.15, 0.2) is 29.3 Å². The van der Waals surface area contributed by atoms with E-state index in [9.17, 15) is 0 Å². The van der Waals surface area contributed by atoms with E-state index in [2.05, 4.69) is 20.8 Å². The highest BCUT2D eigenvalue weighted by Gasteiger charge is 2.16. The molecule has 0 radical (unpaired) electrons. The molecule has 3 rings (SSSR count). The second-order valence-corrected chi connectivity index (χ2v) is 6.68. The summed E-state index contributed by atoms with van der Waals surface area (Å²) < 4.78 is 7.41. The molecule has 1 fully saturated rings. The molecule has 0 spiro atoms. The van der Waals surface area contributed by atoms with Gasteiger partial charge >= 0.3 is 0 Å². The Morgan fingerprint density at radius 2 is 2.04 bits per heavy atom. The lowest BCUT2D eigenvalue weighted by Crippen LogP contribution is -2.42. The van der Waals surface area contributed by atoms with Crippen LogP contribution in [0.4, 0.5) is 0 Å². The van der Waals surface area contributed by atoms with Crippen LogP contribution in [-0.2, 0) is 20.1 Å². The first kappa shape index (κ1) is 18.2. The fourth-order valence-electron chi connectivity index (χ4n) is 3.18. The lowest BCUT2D eigenvalue weighted by atomic mass is 10.2. The monoisotopic (exact) mass is 356 g/mol. The van der Waals surface area contributed by atoms with Crippen molar-refractivity contribution in [2.75, 3.05) is 7.11 Å². The average molecular weight is 356 g/mol. The van der Waals surface area contributed by atoms with Crippen LogP contribution in [0.25, 0.3) is 0 Å². The molecule has 2 aromatic rings. The van der Waals surface area contributed by atoms with E-state index in [4.69, 9.17) is 9.73 Å². The van der Waals surface area contributed by atoms with E-state index in [0.29, 0.717) is 19.1 Å². The number of benzene rings is 1. The SMILES string of the molecule is COc1ccccc1CN=C(NCc1nnc(C)n1C)NC1CCCC1. The molecule has 1 saturated carbocycles. The summed E-state index contributed by atoms with van der Waals surface area (Å²) in [6.07, 6.45) is 4.94. The summed E-state index contributed by atoms with van der Waals surface area (Å²) in [5.41, 5.74) is 1.07. The summed E-state index contributed by atoms with van der Waals surface area (Å²) in [5, 5.41) is 15.3. The van der Waals surface area contributed by atoms with Crippen LogP contribution in [0.3, 0.4) is 0 Å². The minimum absolute atomic E-state index is 0.486. The third-order valence-corrected chi connectivity index (χ3v) is 4.89. The molecule has 0 bridgehead atoms. The number of aromatic nitrogens is 3. The lowest BCUT2D eigenvalue weighted by Gasteiger charge is -2.17. The first-order valence-corrected chi connectivity index (χ1v) is 9.19. The predicted octanol–water partition coefficient (Wildman–Crippen LogP) is 2.31. The Morgan fingerprint density at radius 1 is 1.27 bits per heavy atom. The van der Waals surface area contributed by atoms with Gasteiger partial charge in [-0.15, -0.1) is 10.2 Å². The van der Waals surface area contributed by atoms with Crippen molar-refractivity contribution in [3.05, 3.63) is 41.5 Å². The Morgan fingerprint density at radius 3 is 2.73 bits per heavy atom. The summed E-state index contributed by atoms with van der Waals surface area (Å²) >= 11 is 0. The maximum Gasteiger partial charge on any atom is 0.192 e. The average Bonchev–Trinajstić information content (AvgIpc) is 3.28. The molecule has 1 aliphatic carbocycles. The van der Waals surface area contributed by atoms with Gasteiger partial charge in [-0.3, -0.25) is 0 Å². The molecule has 0 amide bonds. The normalized spacial score (nSPS) is 15.3. The summed E-state index contributed by atoms with van der Waals surface area (Å²) in [6.45, 7) is 3.09. The fraction of sp³-hybridized carbons (Fsp3) is 0.526. The molecular weight excluding hydrogens is 328 g/mol. The molecule has 1 aromatic heterocycles. The van der Waals surface area contributed by atoms with Gasteiger partial charge in [0.05, 0.1) is 20.2 Å². The molecule has 1 heterocycles. The van der Waals surface area contributed by atoms with Crippen LogP contribution in [0.2, 0.25) is 0 Å². The van der Waals surface area contributed by atoms with Crippen LogP contribution in [-0.4, -0.2) is 33.9 Å². The smallest absolute Gasteiger partial charge is 0.192 e. The first-order valence-electron chi connectivity index (χ1n) is 9.19. The van der Waals surface area contributed by atoms with Gasteiger partial charge in [0.2, 0.25) is 0 Å². The van der Waals surface area contributed by atoms with Crippen molar-refractivity contribution in [3.63, 3.8) is 0 Å². The Hall–Kier alpha value is -2.57. The van der Waals surface area contributed by atoms with Gasteiger partial charge in [0.15, 0.2) is 11.8 Å². The molecule has 0 atom stereocenters. The number of aliphatic imine (C=N–C) groups is 1. The zero-order chi connectivity index (χ0) is 18.4. The van der Waals surface area contributed by atoms with Crippen molar-refractivity contribution in [3.8, 4) is 5.75 Å². The van der Waals surface area contributed by atoms with Gasteiger partial charge in [0.1, 0.15) is 11.6 Å². The summed E-state index contributed by atoms with van der Waals surface area (Å²) in [7, 11) is 3.66. The Labute approximate surface area is 154 Å². The van der Waals surface area contributed by atoms with Crippen molar-refractivity contribution in [1.82, 2.24) is 25.4 Å². The number of guanidine groups is 1. The van der Waals surface area contributed by atoms with E-state index in [0.717, 1.165) is 28.9 Å². The summed E-state index contributed by atoms with van der Waals surface area (Å²) in [6, 6.07) is 8.47. The topological polar surface area (TPSA) is 76.4 Å². The number of nitrogens with zero attached hydrogens (tertiary/aromatic N) is 4. The highest BCUT2D eigenvalue weighted by molar-refractivity contribution is 5.80. The van der Waals surface area contributed by atoms with Crippen LogP contribution in [0, 0.1) is 6.92 Å². The van der Waals surface area contributed by atoms with Crippen LogP contribution in [0.5, 0.6) is 5.75 Å². The van der Waals surface area contributed by atoms with Gasteiger partial charge in [-0.1, -0.05) is 31.0 Å². The minimum atomic E-state index is 0.486. The number of ether oxygens (including phenoxy) is 1. The summed E-state index contributed by atoms with van der Waals surface area (Å²) in [4.78, 5) is 4.77. The fourth-order valence-corrected chi connectivity index (χ4v) is 3.18. The molecule has 2 N–H and O–H groups in total. The first-order chi connectivity index (χ1) is 12.7. The number of methoxy groups -OCH3 is 1. The molecule has 7 nitrogen and oxygen atoms in total. The maximum absolute atomic E-state index is 5.43. The van der Waals surface area contributed by atoms with Crippen molar-refractivity contribution >= 4 is 5.96 Å². The predicted molar refractivity (Wildman–Crippen MR) is 102 cm³/mol. The standard InChI is InChI=1S/C19H28N6O/c1-14-23-24-18(25(14)2)13-21-19(22-16-9-5-6-10-16)20-12-15-8-4-7-11-17(15)26-3/h4,7-8,11,16H,5-6,9-10,12-13H2,1-3H3,(H2,20,21,22). The van der Waals surface area contributed by atoms with Gasteiger partial charge in [-0.05, 0) is 25.8 Å². The third-order valence-electron chi connectivity index (χ3n) is 4.89. The largest absolute Gasteiger partial charge is 0.496 e. The number of hydrogen-bond acceptors (Lipinski definition) is 4. The molecule has 140 valence electrons. The molecule has 1 aromatic carbocycles. The molecule has 7 heteroatoms. The molecule has 1 aliphatic rings. The van der Waals surface area contributed by atoms with Crippen LogP contribution in [0.1, 0.15) is 42.9 Å². The Kier molecular flexibility index (Phi) is 6.09. The van der Waals surface area contributed by atoms with Gasteiger partial charge < -0.3 is 19.9 Å². The zero-order valence-electron chi connectivity index (χ0n) is 15.8. The Bertz CT molecular complexity index is 748. The van der Waals surface area contributed by atoms with Crippen molar-refractivity contribution in [1.29, 1.82) is 0 Å². The quantitative estimate of drug-likeness (QED) is 0.614. The molecule has 0 unspecified atom stereocenters. The van der Waals surface area contributed by atoms with E-state index in [-0.39, 0.29) is 0 Å². The van der Waals surface area contributed by atoms with E-state index >= 15 is 0 Å². The van der Waals surface area contributed by atoms with Crippen LogP contribution >= 0.6 is 0 Å². The van der Waals surface area contributed by atoms with Gasteiger partial charge in [-0.25, -0.2) is 4.99 Å². The molecule has 0 aliphatic heterocycles. The van der Waals surface area contributed by atoms with E-state index in [1.54, 1.807) is 7.11 Å². The van der Waals surface area contributed by atoms with Crippen LogP contribution < -0.4 is 15.4 Å². The van der Waals surface area contributed by atoms with E-state index < -0.39 is 0 Å². The number of para-hydroxylation sites is 1. The molecular formula is C19H28N6O. The van der Waals surface area contributed by atoms with Crippen molar-refractivity contribution < 1.29 is 4.74 Å². The van der Waals surface area contributed by atoms with Gasteiger partial charge in [-0.2, -0.15) is 0 Å². The molecule has 26 heavy (non-hydrogen) atoms. The second kappa shape index (κ2) is 8.69. The number of hydrogen-bond donors (Lipinski definition) is 2. The minimum Gasteiger partial charge on any atom is -0.496 e. The van der Waals surface area contributed by atoms with E-state index in [1.807, 2.05) is 42.8 Å². The number of aryl methyl sites for hydroxylation is 1. The Balaban J connectivity index is 1.70. The highest BCUT2D eigenvalue weighted by atomic mass is 16.5. The number of rotatable bonds is 6. The lowest BCUT2D eigenvalue weighted by molar-refractivity contribution is 0.410. The maximum atomic E-state index is 5.43. The van der Waals surface area contributed by atoms with Crippen molar-refractivity contribution in [2.24, 2.45) is 12.0 Å². The highest BCUT2D eigenvalue weighted by Crippen LogP contribution is 2.19.